The highest BCUT2D eigenvalue weighted by molar-refractivity contribution is 5.79. The summed E-state index contributed by atoms with van der Waals surface area (Å²) in [6, 6.07) is 25.2. The number of nitrogens with two attached hydrogens (primary N) is 1. The maximum absolute atomic E-state index is 5.76. The second kappa shape index (κ2) is 9.87. The highest BCUT2D eigenvalue weighted by Crippen LogP contribution is 2.19. The topological polar surface area (TPSA) is 66.1 Å². The van der Waals surface area contributed by atoms with Gasteiger partial charge in [-0.2, -0.15) is 5.10 Å². The highest BCUT2D eigenvalue weighted by Gasteiger charge is 1.99. The molecule has 0 heterocycles. The van der Waals surface area contributed by atoms with Gasteiger partial charge in [-0.1, -0.05) is 30.3 Å². The number of rotatable bonds is 9. The van der Waals surface area contributed by atoms with Gasteiger partial charge in [0.25, 0.3) is 0 Å². The molecule has 138 valence electrons. The summed E-state index contributed by atoms with van der Waals surface area (Å²) in [5, 5.41) is 3.48. The lowest BCUT2D eigenvalue weighted by atomic mass is 10.2. The molecule has 27 heavy (non-hydrogen) atoms. The monoisotopic (exact) mass is 362 g/mol. The number of ether oxygens (including phenoxy) is 3. The van der Waals surface area contributed by atoms with Crippen LogP contribution in [0.25, 0.3) is 0 Å². The summed E-state index contributed by atoms with van der Waals surface area (Å²) in [4.78, 5) is 0. The lowest BCUT2D eigenvalue weighted by Crippen LogP contribution is -2.09. The Morgan fingerprint density at radius 1 is 0.667 bits per heavy atom. The molecule has 5 heteroatoms. The number of nitrogens with zero attached hydrogens (tertiary/aromatic N) is 1. The molecule has 0 aliphatic heterocycles. The van der Waals surface area contributed by atoms with Gasteiger partial charge in [-0.3, -0.25) is 0 Å². The molecule has 0 unspecified atom stereocenters. The molecule has 0 aliphatic carbocycles. The molecule has 0 aromatic heterocycles. The minimum atomic E-state index is 0.455. The van der Waals surface area contributed by atoms with E-state index in [1.807, 2.05) is 78.9 Å². The summed E-state index contributed by atoms with van der Waals surface area (Å²) in [6.45, 7) is 1.46. The van der Waals surface area contributed by atoms with E-state index in [9.17, 15) is 0 Å². The van der Waals surface area contributed by atoms with Gasteiger partial charge in [-0.15, -0.1) is 0 Å². The Morgan fingerprint density at radius 3 is 1.74 bits per heavy atom. The third-order valence-corrected chi connectivity index (χ3v) is 3.80. The van der Waals surface area contributed by atoms with Crippen LogP contribution in [-0.4, -0.2) is 19.4 Å². The Morgan fingerprint density at radius 2 is 1.19 bits per heavy atom. The lowest BCUT2D eigenvalue weighted by molar-refractivity contribution is 0.217. The summed E-state index contributed by atoms with van der Waals surface area (Å²) < 4.78 is 17.1. The molecule has 0 spiro atoms. The second-order valence-corrected chi connectivity index (χ2v) is 5.79. The fourth-order valence-electron chi connectivity index (χ4n) is 2.43. The van der Waals surface area contributed by atoms with Crippen LogP contribution in [0.3, 0.4) is 0 Å². The molecule has 3 aromatic carbocycles. The van der Waals surface area contributed by atoms with E-state index in [1.165, 1.54) is 0 Å². The van der Waals surface area contributed by atoms with Gasteiger partial charge in [0, 0.05) is 0 Å². The first-order chi connectivity index (χ1) is 13.3. The average Bonchev–Trinajstić information content (AvgIpc) is 2.73. The van der Waals surface area contributed by atoms with Crippen LogP contribution in [0.1, 0.15) is 11.1 Å². The van der Waals surface area contributed by atoms with Crippen molar-refractivity contribution in [3.63, 3.8) is 0 Å². The van der Waals surface area contributed by atoms with Crippen LogP contribution in [0.2, 0.25) is 0 Å². The Hall–Kier alpha value is -3.47. The van der Waals surface area contributed by atoms with Crippen molar-refractivity contribution < 1.29 is 14.2 Å². The Balaban J connectivity index is 1.38. The number of hydrazone groups is 1. The third-order valence-electron chi connectivity index (χ3n) is 3.80. The van der Waals surface area contributed by atoms with E-state index in [2.05, 4.69) is 5.10 Å². The van der Waals surface area contributed by atoms with Crippen LogP contribution in [-0.2, 0) is 6.61 Å². The molecule has 0 saturated carbocycles. The van der Waals surface area contributed by atoms with Crippen molar-refractivity contribution in [1.29, 1.82) is 0 Å². The van der Waals surface area contributed by atoms with Crippen molar-refractivity contribution >= 4 is 6.21 Å². The summed E-state index contributed by atoms with van der Waals surface area (Å²) in [7, 11) is 0. The van der Waals surface area contributed by atoms with Crippen molar-refractivity contribution in [3.8, 4) is 17.2 Å². The van der Waals surface area contributed by atoms with E-state index in [0.29, 0.717) is 19.8 Å². The van der Waals surface area contributed by atoms with E-state index in [4.69, 9.17) is 20.1 Å². The van der Waals surface area contributed by atoms with Crippen LogP contribution in [0.15, 0.2) is 84.0 Å². The zero-order valence-corrected chi connectivity index (χ0v) is 15.0. The molecule has 5 nitrogen and oxygen atoms in total. The zero-order valence-electron chi connectivity index (χ0n) is 15.0. The smallest absolute Gasteiger partial charge is 0.122 e. The van der Waals surface area contributed by atoms with Crippen LogP contribution in [0, 0.1) is 0 Å². The molecule has 0 bridgehead atoms. The Bertz CT molecular complexity index is 832. The first-order valence-electron chi connectivity index (χ1n) is 8.69. The van der Waals surface area contributed by atoms with E-state index in [1.54, 1.807) is 6.21 Å². The summed E-state index contributed by atoms with van der Waals surface area (Å²) in [5.74, 6) is 7.48. The maximum Gasteiger partial charge on any atom is 0.122 e. The van der Waals surface area contributed by atoms with Crippen LogP contribution < -0.4 is 20.1 Å². The van der Waals surface area contributed by atoms with Gasteiger partial charge < -0.3 is 20.1 Å². The van der Waals surface area contributed by atoms with Gasteiger partial charge in [0.05, 0.1) is 6.21 Å². The number of hydrogen-bond donors (Lipinski definition) is 1. The number of benzene rings is 3. The summed E-state index contributed by atoms with van der Waals surface area (Å²) in [6.07, 6.45) is 1.58. The molecule has 3 rings (SSSR count). The zero-order chi connectivity index (χ0) is 18.7. The standard InChI is InChI=1S/C22H22N2O3/c23-24-16-18-6-8-20(9-7-18)25-14-15-26-21-10-12-22(13-11-21)27-17-19-4-2-1-3-5-19/h1-13,16H,14-15,17,23H2. The molecular weight excluding hydrogens is 340 g/mol. The van der Waals surface area contributed by atoms with Crippen LogP contribution >= 0.6 is 0 Å². The van der Waals surface area contributed by atoms with Gasteiger partial charge >= 0.3 is 0 Å². The first kappa shape index (κ1) is 18.3. The highest BCUT2D eigenvalue weighted by atomic mass is 16.5. The normalized spacial score (nSPS) is 10.7. The molecule has 0 saturated heterocycles. The van der Waals surface area contributed by atoms with E-state index in [-0.39, 0.29) is 0 Å². The molecule has 2 N–H and O–H groups in total. The van der Waals surface area contributed by atoms with Gasteiger partial charge in [-0.05, 0) is 59.7 Å². The third kappa shape index (κ3) is 6.08. The van der Waals surface area contributed by atoms with Gasteiger partial charge in [0.1, 0.15) is 37.1 Å². The van der Waals surface area contributed by atoms with Gasteiger partial charge in [0.15, 0.2) is 0 Å². The first-order valence-corrected chi connectivity index (χ1v) is 8.69. The molecule has 0 aliphatic rings. The van der Waals surface area contributed by atoms with Gasteiger partial charge in [-0.25, -0.2) is 0 Å². The SMILES string of the molecule is NN=Cc1ccc(OCCOc2ccc(OCc3ccccc3)cc2)cc1. The minimum Gasteiger partial charge on any atom is -0.490 e. The lowest BCUT2D eigenvalue weighted by Gasteiger charge is -2.10. The Labute approximate surface area is 159 Å². The number of hydrogen-bond acceptors (Lipinski definition) is 5. The quantitative estimate of drug-likeness (QED) is 0.270. The second-order valence-electron chi connectivity index (χ2n) is 5.79. The van der Waals surface area contributed by atoms with Crippen molar-refractivity contribution in [1.82, 2.24) is 0 Å². The van der Waals surface area contributed by atoms with E-state index in [0.717, 1.165) is 28.4 Å². The molecular formula is C22H22N2O3. The van der Waals surface area contributed by atoms with Gasteiger partial charge in [0.2, 0.25) is 0 Å². The molecule has 0 fully saturated rings. The van der Waals surface area contributed by atoms with E-state index < -0.39 is 0 Å². The molecule has 3 aromatic rings. The van der Waals surface area contributed by atoms with Crippen molar-refractivity contribution in [2.24, 2.45) is 10.9 Å². The van der Waals surface area contributed by atoms with Crippen molar-refractivity contribution in [3.05, 3.63) is 90.0 Å². The average molecular weight is 362 g/mol. The summed E-state index contributed by atoms with van der Waals surface area (Å²) in [5.41, 5.74) is 2.06. The molecule has 0 amide bonds. The van der Waals surface area contributed by atoms with Crippen LogP contribution in [0.4, 0.5) is 0 Å². The van der Waals surface area contributed by atoms with E-state index >= 15 is 0 Å². The predicted octanol–water partition coefficient (Wildman–Crippen LogP) is 4.02. The largest absolute Gasteiger partial charge is 0.490 e. The molecule has 0 atom stereocenters. The van der Waals surface area contributed by atoms with Crippen molar-refractivity contribution in [2.75, 3.05) is 13.2 Å². The minimum absolute atomic E-state index is 0.455. The van der Waals surface area contributed by atoms with Crippen LogP contribution in [0.5, 0.6) is 17.2 Å². The molecule has 0 radical (unpaired) electrons. The van der Waals surface area contributed by atoms with Crippen molar-refractivity contribution in [2.45, 2.75) is 6.61 Å². The predicted molar refractivity (Wildman–Crippen MR) is 106 cm³/mol. The fourth-order valence-corrected chi connectivity index (χ4v) is 2.43. The maximum atomic E-state index is 5.76. The Kier molecular flexibility index (Phi) is 6.70. The fraction of sp³-hybridized carbons (Fsp3) is 0.136. The summed E-state index contributed by atoms with van der Waals surface area (Å²) >= 11 is 0.